The fourth-order valence-electron chi connectivity index (χ4n) is 5.71. The lowest BCUT2D eigenvalue weighted by Gasteiger charge is -2.48. The molecule has 1 fully saturated rings. The van der Waals surface area contributed by atoms with Crippen molar-refractivity contribution in [3.8, 4) is 28.4 Å². The number of pyridine rings is 2. The van der Waals surface area contributed by atoms with E-state index in [1.807, 2.05) is 46.3 Å². The van der Waals surface area contributed by atoms with Crippen LogP contribution in [0.15, 0.2) is 30.6 Å². The van der Waals surface area contributed by atoms with Crippen LogP contribution in [0.2, 0.25) is 0 Å². The van der Waals surface area contributed by atoms with Gasteiger partial charge in [-0.15, -0.1) is 0 Å². The number of aromatic carboxylic acids is 1. The van der Waals surface area contributed by atoms with Crippen LogP contribution in [0, 0.1) is 0 Å². The first-order valence-corrected chi connectivity index (χ1v) is 11.7. The monoisotopic (exact) mass is 461 g/mol. The zero-order valence-electron chi connectivity index (χ0n) is 20.1. The molecule has 0 unspecified atom stereocenters. The van der Waals surface area contributed by atoms with Crippen molar-refractivity contribution in [3.05, 3.63) is 53.0 Å². The summed E-state index contributed by atoms with van der Waals surface area (Å²) in [6.07, 6.45) is 5.17. The second-order valence-electron chi connectivity index (χ2n) is 9.85. The summed E-state index contributed by atoms with van der Waals surface area (Å²) in [6.45, 7) is 5.86. The first-order valence-electron chi connectivity index (χ1n) is 11.7. The number of likely N-dealkylation sites (N-methyl/N-ethyl adjacent to an activating group) is 1. The van der Waals surface area contributed by atoms with Crippen LogP contribution in [0.1, 0.15) is 41.0 Å². The molecule has 1 aliphatic carbocycles. The largest absolute Gasteiger partial charge is 0.478 e. The molecule has 34 heavy (non-hydrogen) atoms. The van der Waals surface area contributed by atoms with Gasteiger partial charge < -0.3 is 25.0 Å². The second-order valence-corrected chi connectivity index (χ2v) is 9.85. The van der Waals surface area contributed by atoms with Crippen molar-refractivity contribution in [2.24, 2.45) is 12.8 Å². The summed E-state index contributed by atoms with van der Waals surface area (Å²) in [4.78, 5) is 23.8. The van der Waals surface area contributed by atoms with Crippen LogP contribution in [0.5, 0.6) is 5.88 Å². The fraction of sp³-hybridized carbons (Fsp3) is 0.423. The van der Waals surface area contributed by atoms with Crippen molar-refractivity contribution in [1.82, 2.24) is 19.4 Å². The van der Waals surface area contributed by atoms with Crippen LogP contribution < -0.4 is 10.5 Å². The lowest BCUT2D eigenvalue weighted by molar-refractivity contribution is 0.0669. The first kappa shape index (κ1) is 22.6. The van der Waals surface area contributed by atoms with Gasteiger partial charge >= 0.3 is 5.97 Å². The predicted octanol–water partition coefficient (Wildman–Crippen LogP) is 2.88. The number of aryl methyl sites for hydroxylation is 1. The molecule has 1 saturated heterocycles. The van der Waals surface area contributed by atoms with Crippen molar-refractivity contribution >= 4 is 5.97 Å². The fourth-order valence-corrected chi connectivity index (χ4v) is 5.71. The molecule has 5 rings (SSSR count). The molecule has 1 aliphatic heterocycles. The number of nitrogens with two attached hydrogens (primary N) is 1. The summed E-state index contributed by atoms with van der Waals surface area (Å²) >= 11 is 0. The molecule has 2 aliphatic rings. The van der Waals surface area contributed by atoms with E-state index in [2.05, 4.69) is 25.5 Å². The Labute approximate surface area is 199 Å². The van der Waals surface area contributed by atoms with Gasteiger partial charge in [-0.25, -0.2) is 9.78 Å². The SMILES string of the molecule is CC(C)Oc1ccc(-c2cc3c(cn2)CCc2c(C(=O)O)c(C4(CN)CN(C)C4)n(C)c2-3)cn1. The number of fused-ring (bicyclic) bond motifs is 3. The van der Waals surface area contributed by atoms with Crippen molar-refractivity contribution in [1.29, 1.82) is 0 Å². The van der Waals surface area contributed by atoms with Crippen LogP contribution in [0.25, 0.3) is 22.5 Å². The van der Waals surface area contributed by atoms with E-state index in [9.17, 15) is 9.90 Å². The number of rotatable bonds is 6. The molecule has 0 amide bonds. The van der Waals surface area contributed by atoms with Gasteiger partial charge in [0, 0.05) is 67.4 Å². The Hall–Kier alpha value is -3.23. The number of carboxylic acid groups (broad SMARTS) is 1. The van der Waals surface area contributed by atoms with Crippen LogP contribution >= 0.6 is 0 Å². The Kier molecular flexibility index (Phi) is 5.45. The summed E-state index contributed by atoms with van der Waals surface area (Å²) in [6, 6.07) is 5.86. The van der Waals surface area contributed by atoms with E-state index < -0.39 is 5.97 Å². The summed E-state index contributed by atoms with van der Waals surface area (Å²) in [5, 5.41) is 10.2. The van der Waals surface area contributed by atoms with Crippen molar-refractivity contribution < 1.29 is 14.6 Å². The van der Waals surface area contributed by atoms with Gasteiger partial charge in [0.1, 0.15) is 0 Å². The summed E-state index contributed by atoms with van der Waals surface area (Å²) in [5.74, 6) is -0.299. The molecule has 0 atom stereocenters. The molecule has 8 heteroatoms. The molecule has 0 aromatic carbocycles. The van der Waals surface area contributed by atoms with Crippen LogP contribution in [-0.2, 0) is 25.3 Å². The van der Waals surface area contributed by atoms with E-state index in [1.165, 1.54) is 0 Å². The summed E-state index contributed by atoms with van der Waals surface area (Å²) in [7, 11) is 4.01. The lowest BCUT2D eigenvalue weighted by Crippen LogP contribution is -2.62. The standard InChI is InChI=1S/C26H31N5O3/c1-15(2)34-21-8-6-17(11-29-21)20-9-19-16(10-28-20)5-7-18-22(25(32)33)24(31(4)23(18)19)26(12-27)13-30(3)14-26/h6,8-11,15H,5,7,12-14,27H2,1-4H3,(H,32,33). The van der Waals surface area contributed by atoms with Gasteiger partial charge in [-0.05, 0) is 57.0 Å². The highest BCUT2D eigenvalue weighted by Gasteiger charge is 2.47. The molecule has 0 spiro atoms. The molecular formula is C26H31N5O3. The Morgan fingerprint density at radius 1 is 1.21 bits per heavy atom. The van der Waals surface area contributed by atoms with Crippen molar-refractivity contribution in [3.63, 3.8) is 0 Å². The molecule has 4 heterocycles. The van der Waals surface area contributed by atoms with E-state index in [0.29, 0.717) is 24.4 Å². The van der Waals surface area contributed by atoms with E-state index in [-0.39, 0.29) is 11.5 Å². The predicted molar refractivity (Wildman–Crippen MR) is 130 cm³/mol. The van der Waals surface area contributed by atoms with Crippen LogP contribution in [-0.4, -0.2) is 63.3 Å². The van der Waals surface area contributed by atoms with Gasteiger partial charge in [-0.3, -0.25) is 4.98 Å². The minimum absolute atomic E-state index is 0.0564. The smallest absolute Gasteiger partial charge is 0.337 e. The van der Waals surface area contributed by atoms with Gasteiger partial charge in [0.25, 0.3) is 0 Å². The quantitative estimate of drug-likeness (QED) is 0.581. The molecule has 178 valence electrons. The van der Waals surface area contributed by atoms with Gasteiger partial charge in [0.05, 0.1) is 23.1 Å². The minimum atomic E-state index is -0.878. The van der Waals surface area contributed by atoms with Gasteiger partial charge in [0.15, 0.2) is 0 Å². The Balaban J connectivity index is 1.63. The lowest BCUT2D eigenvalue weighted by atomic mass is 9.75. The van der Waals surface area contributed by atoms with Gasteiger partial charge in [0.2, 0.25) is 5.88 Å². The topological polar surface area (TPSA) is 106 Å². The normalized spacial score (nSPS) is 16.6. The average Bonchev–Trinajstić information content (AvgIpc) is 3.10. The Bertz CT molecular complexity index is 1260. The zero-order valence-corrected chi connectivity index (χ0v) is 20.1. The highest BCUT2D eigenvalue weighted by Crippen LogP contribution is 2.44. The Morgan fingerprint density at radius 2 is 1.97 bits per heavy atom. The van der Waals surface area contributed by atoms with E-state index in [1.54, 1.807) is 6.20 Å². The zero-order chi connectivity index (χ0) is 24.2. The third-order valence-electron chi connectivity index (χ3n) is 7.02. The van der Waals surface area contributed by atoms with Crippen LogP contribution in [0.3, 0.4) is 0 Å². The number of likely N-dealkylation sites (tertiary alicyclic amines) is 1. The van der Waals surface area contributed by atoms with E-state index in [0.717, 1.165) is 58.8 Å². The second kappa shape index (κ2) is 8.21. The summed E-state index contributed by atoms with van der Waals surface area (Å²) in [5.41, 5.74) is 12.9. The van der Waals surface area contributed by atoms with Gasteiger partial charge in [-0.1, -0.05) is 0 Å². The van der Waals surface area contributed by atoms with E-state index in [4.69, 9.17) is 10.5 Å². The van der Waals surface area contributed by atoms with Crippen molar-refractivity contribution in [2.75, 3.05) is 26.7 Å². The molecular weight excluding hydrogens is 430 g/mol. The number of carboxylic acids is 1. The molecule has 3 aromatic heterocycles. The molecule has 0 bridgehead atoms. The Morgan fingerprint density at radius 3 is 2.56 bits per heavy atom. The number of nitrogens with zero attached hydrogens (tertiary/aromatic N) is 4. The molecule has 3 aromatic rings. The third-order valence-corrected chi connectivity index (χ3v) is 7.02. The number of hydrogen-bond acceptors (Lipinski definition) is 6. The molecule has 3 N–H and O–H groups in total. The highest BCUT2D eigenvalue weighted by molar-refractivity contribution is 5.95. The van der Waals surface area contributed by atoms with E-state index >= 15 is 0 Å². The number of carbonyl (C=O) groups is 1. The molecule has 0 saturated carbocycles. The average molecular weight is 462 g/mol. The molecule has 8 nitrogen and oxygen atoms in total. The maximum atomic E-state index is 12.5. The first-order chi connectivity index (χ1) is 16.2. The van der Waals surface area contributed by atoms with Crippen molar-refractivity contribution in [2.45, 2.75) is 38.2 Å². The maximum absolute atomic E-state index is 12.5. The van der Waals surface area contributed by atoms with Crippen LogP contribution in [0.4, 0.5) is 0 Å². The highest BCUT2D eigenvalue weighted by atomic mass is 16.5. The minimum Gasteiger partial charge on any atom is -0.478 e. The maximum Gasteiger partial charge on any atom is 0.337 e. The van der Waals surface area contributed by atoms with Gasteiger partial charge in [-0.2, -0.15) is 0 Å². The number of aromatic nitrogens is 3. The third kappa shape index (κ3) is 3.49. The number of ether oxygens (including phenoxy) is 1. The summed E-state index contributed by atoms with van der Waals surface area (Å²) < 4.78 is 7.74. The molecule has 0 radical (unpaired) electrons. The number of hydrogen-bond donors (Lipinski definition) is 2.